The zero-order valence-electron chi connectivity index (χ0n) is 9.13. The second-order valence-corrected chi connectivity index (χ2v) is 5.25. The van der Waals surface area contributed by atoms with E-state index in [1.165, 1.54) is 12.3 Å². The molecule has 2 aromatic rings. The van der Waals surface area contributed by atoms with Gasteiger partial charge >= 0.3 is 0 Å². The quantitative estimate of drug-likeness (QED) is 0.804. The van der Waals surface area contributed by atoms with E-state index in [1.54, 1.807) is 0 Å². The Morgan fingerprint density at radius 1 is 1.39 bits per heavy atom. The number of nitrogens with two attached hydrogens (primary N) is 1. The molecule has 18 heavy (non-hydrogen) atoms. The summed E-state index contributed by atoms with van der Waals surface area (Å²) in [4.78, 5) is -0.110. The number of nitrogen functional groups attached to an aromatic ring is 1. The Labute approximate surface area is 103 Å². The van der Waals surface area contributed by atoms with Crippen molar-refractivity contribution in [3.8, 4) is 0 Å². The maximum Gasteiger partial charge on any atom is 0.241 e. The zero-order valence-corrected chi connectivity index (χ0v) is 9.95. The van der Waals surface area contributed by atoms with Crippen LogP contribution < -0.4 is 10.5 Å². The lowest BCUT2D eigenvalue weighted by molar-refractivity contribution is 0.380. The molecule has 2 rings (SSSR count). The van der Waals surface area contributed by atoms with Gasteiger partial charge in [0.2, 0.25) is 10.0 Å². The molecule has 0 bridgehead atoms. The van der Waals surface area contributed by atoms with Gasteiger partial charge in [0, 0.05) is 6.07 Å². The number of nitrogens with zero attached hydrogens (tertiary/aromatic N) is 1. The molecule has 3 N–H and O–H groups in total. The first-order valence-electron chi connectivity index (χ1n) is 4.93. The third-order valence-corrected chi connectivity index (χ3v) is 3.60. The number of anilines is 1. The predicted molar refractivity (Wildman–Crippen MR) is 61.3 cm³/mol. The lowest BCUT2D eigenvalue weighted by atomic mass is 10.3. The van der Waals surface area contributed by atoms with Gasteiger partial charge in [-0.25, -0.2) is 17.5 Å². The average Bonchev–Trinajstić information content (AvgIpc) is 2.83. The first kappa shape index (κ1) is 12.5. The molecule has 0 aliphatic heterocycles. The summed E-state index contributed by atoms with van der Waals surface area (Å²) in [5, 5.41) is 3.44. The van der Waals surface area contributed by atoms with Crippen molar-refractivity contribution in [1.29, 1.82) is 0 Å². The summed E-state index contributed by atoms with van der Waals surface area (Å²) in [6.45, 7) is -0.0420. The van der Waals surface area contributed by atoms with Gasteiger partial charge in [-0.2, -0.15) is 0 Å². The molecule has 1 aromatic heterocycles. The van der Waals surface area contributed by atoms with E-state index in [0.29, 0.717) is 5.76 Å². The number of rotatable bonds is 4. The first-order chi connectivity index (χ1) is 8.49. The van der Waals surface area contributed by atoms with Crippen molar-refractivity contribution in [3.63, 3.8) is 0 Å². The average molecular weight is 271 g/mol. The fourth-order valence-electron chi connectivity index (χ4n) is 1.27. The lowest BCUT2D eigenvalue weighted by Crippen LogP contribution is -2.23. The van der Waals surface area contributed by atoms with Gasteiger partial charge in [0.05, 0.1) is 23.3 Å². The van der Waals surface area contributed by atoms with Crippen molar-refractivity contribution in [2.24, 2.45) is 0 Å². The van der Waals surface area contributed by atoms with E-state index in [9.17, 15) is 12.8 Å². The van der Waals surface area contributed by atoms with Gasteiger partial charge in [-0.3, -0.25) is 0 Å². The van der Waals surface area contributed by atoms with E-state index in [4.69, 9.17) is 10.3 Å². The number of sulfonamides is 1. The molecule has 96 valence electrons. The molecule has 6 nitrogen and oxygen atoms in total. The second kappa shape index (κ2) is 4.75. The second-order valence-electron chi connectivity index (χ2n) is 3.49. The van der Waals surface area contributed by atoms with Gasteiger partial charge in [0.1, 0.15) is 5.82 Å². The molecule has 1 aromatic carbocycles. The van der Waals surface area contributed by atoms with Gasteiger partial charge < -0.3 is 10.3 Å². The minimum Gasteiger partial charge on any atom is -0.396 e. The summed E-state index contributed by atoms with van der Waals surface area (Å²) in [5.41, 5.74) is 5.09. The standard InChI is InChI=1S/C10H10FN3O3S/c11-9-2-1-8(5-10(9)12)18(15,16)14-6-7-3-4-13-17-7/h1-5,14H,6,12H2. The molecule has 0 unspecified atom stereocenters. The van der Waals surface area contributed by atoms with Gasteiger partial charge in [-0.05, 0) is 18.2 Å². The summed E-state index contributed by atoms with van der Waals surface area (Å²) in [6.07, 6.45) is 1.40. The van der Waals surface area contributed by atoms with Crippen molar-refractivity contribution in [2.45, 2.75) is 11.4 Å². The molecule has 0 amide bonds. The fourth-order valence-corrected chi connectivity index (χ4v) is 2.30. The lowest BCUT2D eigenvalue weighted by Gasteiger charge is -2.06. The number of benzene rings is 1. The fraction of sp³-hybridized carbons (Fsp3) is 0.100. The van der Waals surface area contributed by atoms with E-state index >= 15 is 0 Å². The smallest absolute Gasteiger partial charge is 0.241 e. The Bertz CT molecular complexity index is 640. The molecule has 1 heterocycles. The van der Waals surface area contributed by atoms with E-state index < -0.39 is 15.8 Å². The normalized spacial score (nSPS) is 11.6. The van der Waals surface area contributed by atoms with Crippen molar-refractivity contribution in [3.05, 3.63) is 42.0 Å². The molecule has 0 saturated heterocycles. The van der Waals surface area contributed by atoms with Crippen LogP contribution in [0.5, 0.6) is 0 Å². The minimum atomic E-state index is -3.76. The molecule has 0 radical (unpaired) electrons. The number of nitrogens with one attached hydrogen (secondary N) is 1. The molecule has 0 saturated carbocycles. The zero-order chi connectivity index (χ0) is 13.2. The van der Waals surface area contributed by atoms with E-state index in [-0.39, 0.29) is 17.1 Å². The van der Waals surface area contributed by atoms with Crippen LogP contribution >= 0.6 is 0 Å². The van der Waals surface area contributed by atoms with E-state index in [0.717, 1.165) is 18.2 Å². The summed E-state index contributed by atoms with van der Waals surface area (Å²) >= 11 is 0. The molecular weight excluding hydrogens is 261 g/mol. The maximum atomic E-state index is 12.9. The summed E-state index contributed by atoms with van der Waals surface area (Å²) in [5.74, 6) is -0.294. The van der Waals surface area contributed by atoms with Crippen LogP contribution in [-0.2, 0) is 16.6 Å². The maximum absolute atomic E-state index is 12.9. The van der Waals surface area contributed by atoms with Gasteiger partial charge in [0.15, 0.2) is 5.76 Å². The highest BCUT2D eigenvalue weighted by Gasteiger charge is 2.15. The molecule has 0 spiro atoms. The first-order valence-corrected chi connectivity index (χ1v) is 6.41. The Hall–Kier alpha value is -1.93. The van der Waals surface area contributed by atoms with Crippen LogP contribution in [0.4, 0.5) is 10.1 Å². The Morgan fingerprint density at radius 3 is 2.78 bits per heavy atom. The summed E-state index contributed by atoms with van der Waals surface area (Å²) < 4.78 is 43.6. The number of hydrogen-bond acceptors (Lipinski definition) is 5. The van der Waals surface area contributed by atoms with Crippen molar-refractivity contribution < 1.29 is 17.3 Å². The Balaban J connectivity index is 2.17. The minimum absolute atomic E-state index is 0.0420. The molecule has 0 fully saturated rings. The van der Waals surface area contributed by atoms with Crippen LogP contribution in [0.3, 0.4) is 0 Å². The van der Waals surface area contributed by atoms with Crippen LogP contribution in [-0.4, -0.2) is 13.6 Å². The number of halogens is 1. The summed E-state index contributed by atoms with van der Waals surface area (Å²) in [7, 11) is -3.76. The summed E-state index contributed by atoms with van der Waals surface area (Å²) in [6, 6.07) is 4.71. The van der Waals surface area contributed by atoms with Gasteiger partial charge in [-0.15, -0.1) is 0 Å². The highest BCUT2D eigenvalue weighted by atomic mass is 32.2. The predicted octanol–water partition coefficient (Wildman–Crippen LogP) is 0.874. The van der Waals surface area contributed by atoms with E-state index in [2.05, 4.69) is 9.88 Å². The topological polar surface area (TPSA) is 98.2 Å². The van der Waals surface area contributed by atoms with Gasteiger partial charge in [0.25, 0.3) is 0 Å². The Morgan fingerprint density at radius 2 is 2.17 bits per heavy atom. The highest BCUT2D eigenvalue weighted by molar-refractivity contribution is 7.89. The SMILES string of the molecule is Nc1cc(S(=O)(=O)NCc2ccno2)ccc1F. The van der Waals surface area contributed by atoms with Crippen LogP contribution in [0.25, 0.3) is 0 Å². The molecule has 0 aliphatic rings. The number of aromatic nitrogens is 1. The molecular formula is C10H10FN3O3S. The monoisotopic (exact) mass is 271 g/mol. The third-order valence-electron chi connectivity index (χ3n) is 2.21. The molecule has 8 heteroatoms. The molecule has 0 atom stereocenters. The third kappa shape index (κ3) is 2.66. The van der Waals surface area contributed by atoms with Crippen molar-refractivity contribution >= 4 is 15.7 Å². The van der Waals surface area contributed by atoms with Crippen LogP contribution in [0, 0.1) is 5.82 Å². The van der Waals surface area contributed by atoms with Crippen LogP contribution in [0.1, 0.15) is 5.76 Å². The van der Waals surface area contributed by atoms with Gasteiger partial charge in [-0.1, -0.05) is 5.16 Å². The number of hydrogen-bond donors (Lipinski definition) is 2. The van der Waals surface area contributed by atoms with Crippen LogP contribution in [0.2, 0.25) is 0 Å². The largest absolute Gasteiger partial charge is 0.396 e. The molecule has 0 aliphatic carbocycles. The van der Waals surface area contributed by atoms with E-state index in [1.807, 2.05) is 0 Å². The van der Waals surface area contributed by atoms with Crippen LogP contribution in [0.15, 0.2) is 39.9 Å². The van der Waals surface area contributed by atoms with Crippen molar-refractivity contribution in [2.75, 3.05) is 5.73 Å². The van der Waals surface area contributed by atoms with Crippen molar-refractivity contribution in [1.82, 2.24) is 9.88 Å². The Kier molecular flexibility index (Phi) is 3.30. The highest BCUT2D eigenvalue weighted by Crippen LogP contribution is 2.16.